The molecule has 0 aromatic carbocycles. The van der Waals surface area contributed by atoms with Crippen LogP contribution in [-0.4, -0.2) is 53.8 Å². The standard InChI is InChI=1S/C14H25NO4/c1-5-10-7-15(3,4)8-11(10)6-12(14(18)19)9(2)13(16)17/h9-12H,5-8H2,1-4H3,(H-,16,17,18,19)/p+1. The van der Waals surface area contributed by atoms with Crippen LogP contribution < -0.4 is 0 Å². The minimum atomic E-state index is -1.02. The lowest BCUT2D eigenvalue weighted by atomic mass is 9.80. The summed E-state index contributed by atoms with van der Waals surface area (Å²) in [6.45, 7) is 5.61. The van der Waals surface area contributed by atoms with Crippen LogP contribution in [0.1, 0.15) is 26.7 Å². The van der Waals surface area contributed by atoms with Crippen molar-refractivity contribution >= 4 is 11.9 Å². The summed E-state index contributed by atoms with van der Waals surface area (Å²) in [5.74, 6) is -2.81. The number of likely N-dealkylation sites (tertiary alicyclic amines) is 1. The summed E-state index contributed by atoms with van der Waals surface area (Å²) >= 11 is 0. The quantitative estimate of drug-likeness (QED) is 0.719. The van der Waals surface area contributed by atoms with E-state index in [1.165, 1.54) is 6.92 Å². The maximum absolute atomic E-state index is 11.3. The molecule has 5 heteroatoms. The van der Waals surface area contributed by atoms with Gasteiger partial charge in [-0.25, -0.2) is 0 Å². The molecule has 2 N–H and O–H groups in total. The molecule has 110 valence electrons. The summed E-state index contributed by atoms with van der Waals surface area (Å²) in [7, 11) is 4.30. The molecule has 1 aliphatic heterocycles. The highest BCUT2D eigenvalue weighted by Gasteiger charge is 2.42. The number of carbonyl (C=O) groups is 2. The summed E-state index contributed by atoms with van der Waals surface area (Å²) in [6.07, 6.45) is 1.50. The van der Waals surface area contributed by atoms with Crippen LogP contribution in [0.3, 0.4) is 0 Å². The number of hydrogen-bond donors (Lipinski definition) is 2. The van der Waals surface area contributed by atoms with Gasteiger partial charge in [0.1, 0.15) is 0 Å². The lowest BCUT2D eigenvalue weighted by Crippen LogP contribution is -2.37. The van der Waals surface area contributed by atoms with Gasteiger partial charge in [0.2, 0.25) is 0 Å². The van der Waals surface area contributed by atoms with E-state index in [9.17, 15) is 14.7 Å². The first-order chi connectivity index (χ1) is 8.68. The smallest absolute Gasteiger partial charge is 0.307 e. The maximum atomic E-state index is 11.3. The van der Waals surface area contributed by atoms with Crippen molar-refractivity contribution in [2.24, 2.45) is 23.7 Å². The third-order valence-electron chi connectivity index (χ3n) is 4.52. The van der Waals surface area contributed by atoms with Crippen LogP contribution in [0.15, 0.2) is 0 Å². The van der Waals surface area contributed by atoms with Crippen molar-refractivity contribution in [2.75, 3.05) is 27.2 Å². The second-order valence-electron chi connectivity index (χ2n) is 6.54. The van der Waals surface area contributed by atoms with E-state index in [1.54, 1.807) is 0 Å². The monoisotopic (exact) mass is 272 g/mol. The third kappa shape index (κ3) is 3.93. The Bertz CT molecular complexity index is 353. The summed E-state index contributed by atoms with van der Waals surface area (Å²) in [6, 6.07) is 0. The Kier molecular flexibility index (Phi) is 4.96. The molecule has 4 unspecified atom stereocenters. The van der Waals surface area contributed by atoms with Gasteiger partial charge >= 0.3 is 11.9 Å². The largest absolute Gasteiger partial charge is 0.481 e. The average Bonchev–Trinajstić information content (AvgIpc) is 2.59. The number of hydrogen-bond acceptors (Lipinski definition) is 2. The van der Waals surface area contributed by atoms with Gasteiger partial charge < -0.3 is 14.7 Å². The lowest BCUT2D eigenvalue weighted by Gasteiger charge is -2.24. The molecular formula is C14H26NO4+. The Balaban J connectivity index is 2.79. The van der Waals surface area contributed by atoms with Gasteiger partial charge in [0.05, 0.1) is 39.0 Å². The SMILES string of the molecule is CCC1C[N+](C)(C)CC1CC(C(=O)O)C(C)C(=O)O. The van der Waals surface area contributed by atoms with Gasteiger partial charge in [0, 0.05) is 11.8 Å². The molecule has 5 nitrogen and oxygen atoms in total. The van der Waals surface area contributed by atoms with E-state index in [-0.39, 0.29) is 0 Å². The van der Waals surface area contributed by atoms with Crippen LogP contribution >= 0.6 is 0 Å². The predicted molar refractivity (Wildman–Crippen MR) is 71.7 cm³/mol. The molecular weight excluding hydrogens is 246 g/mol. The molecule has 0 aromatic heterocycles. The first-order valence-electron chi connectivity index (χ1n) is 6.95. The van der Waals surface area contributed by atoms with Crippen LogP contribution in [0, 0.1) is 23.7 Å². The molecule has 1 rings (SSSR count). The Hall–Kier alpha value is -1.10. The second kappa shape index (κ2) is 5.90. The molecule has 0 spiro atoms. The molecule has 0 saturated carbocycles. The van der Waals surface area contributed by atoms with Crippen molar-refractivity contribution in [1.29, 1.82) is 0 Å². The Morgan fingerprint density at radius 3 is 2.11 bits per heavy atom. The van der Waals surface area contributed by atoms with Gasteiger partial charge in [-0.15, -0.1) is 0 Å². The number of rotatable bonds is 6. The minimum absolute atomic E-state index is 0.308. The highest BCUT2D eigenvalue weighted by molar-refractivity contribution is 5.79. The average molecular weight is 272 g/mol. The molecule has 19 heavy (non-hydrogen) atoms. The lowest BCUT2D eigenvalue weighted by molar-refractivity contribution is -0.880. The minimum Gasteiger partial charge on any atom is -0.481 e. The number of quaternary nitrogens is 1. The number of carboxylic acid groups (broad SMARTS) is 2. The van der Waals surface area contributed by atoms with Crippen molar-refractivity contribution in [3.8, 4) is 0 Å². The van der Waals surface area contributed by atoms with E-state index in [0.29, 0.717) is 18.3 Å². The van der Waals surface area contributed by atoms with Crippen LogP contribution in [0.2, 0.25) is 0 Å². The normalized spacial score (nSPS) is 28.8. The van der Waals surface area contributed by atoms with Crippen molar-refractivity contribution in [1.82, 2.24) is 0 Å². The van der Waals surface area contributed by atoms with Gasteiger partial charge in [-0.2, -0.15) is 0 Å². The fourth-order valence-corrected chi connectivity index (χ4v) is 3.39. The molecule has 0 amide bonds. The van der Waals surface area contributed by atoms with Crippen molar-refractivity contribution in [3.63, 3.8) is 0 Å². The molecule has 1 aliphatic rings. The van der Waals surface area contributed by atoms with Crippen molar-refractivity contribution in [3.05, 3.63) is 0 Å². The topological polar surface area (TPSA) is 74.6 Å². The zero-order valence-corrected chi connectivity index (χ0v) is 12.3. The van der Waals surface area contributed by atoms with E-state index in [1.807, 2.05) is 0 Å². The van der Waals surface area contributed by atoms with Gasteiger partial charge in [-0.05, 0) is 12.8 Å². The maximum Gasteiger partial charge on any atom is 0.307 e. The Labute approximate surface area is 114 Å². The second-order valence-corrected chi connectivity index (χ2v) is 6.54. The Morgan fingerprint density at radius 1 is 1.16 bits per heavy atom. The van der Waals surface area contributed by atoms with Gasteiger partial charge in [0.25, 0.3) is 0 Å². The predicted octanol–water partition coefficient (Wildman–Crippen LogP) is 1.53. The summed E-state index contributed by atoms with van der Waals surface area (Å²) in [5.41, 5.74) is 0. The van der Waals surface area contributed by atoms with E-state index < -0.39 is 23.8 Å². The van der Waals surface area contributed by atoms with E-state index in [4.69, 9.17) is 5.11 Å². The molecule has 1 fully saturated rings. The molecule has 0 aliphatic carbocycles. The Morgan fingerprint density at radius 2 is 1.68 bits per heavy atom. The molecule has 0 radical (unpaired) electrons. The number of aliphatic carboxylic acids is 2. The third-order valence-corrected chi connectivity index (χ3v) is 4.52. The molecule has 0 bridgehead atoms. The van der Waals surface area contributed by atoms with Crippen LogP contribution in [0.25, 0.3) is 0 Å². The van der Waals surface area contributed by atoms with E-state index in [0.717, 1.165) is 24.0 Å². The fourth-order valence-electron chi connectivity index (χ4n) is 3.39. The molecule has 1 saturated heterocycles. The van der Waals surface area contributed by atoms with Crippen molar-refractivity contribution in [2.45, 2.75) is 26.7 Å². The summed E-state index contributed by atoms with van der Waals surface area (Å²) < 4.78 is 0.900. The molecule has 0 aromatic rings. The fraction of sp³-hybridized carbons (Fsp3) is 0.857. The number of carboxylic acids is 2. The highest BCUT2D eigenvalue weighted by atomic mass is 16.4. The van der Waals surface area contributed by atoms with Crippen LogP contribution in [0.5, 0.6) is 0 Å². The molecule has 1 heterocycles. The molecule has 4 atom stereocenters. The summed E-state index contributed by atoms with van der Waals surface area (Å²) in [5, 5.41) is 18.3. The van der Waals surface area contributed by atoms with E-state index in [2.05, 4.69) is 21.0 Å². The first kappa shape index (κ1) is 16.0. The van der Waals surface area contributed by atoms with E-state index >= 15 is 0 Å². The zero-order chi connectivity index (χ0) is 14.8. The van der Waals surface area contributed by atoms with Gasteiger partial charge in [0.15, 0.2) is 0 Å². The van der Waals surface area contributed by atoms with Gasteiger partial charge in [-0.1, -0.05) is 13.8 Å². The highest BCUT2D eigenvalue weighted by Crippen LogP contribution is 2.35. The number of nitrogens with zero attached hydrogens (tertiary/aromatic N) is 1. The first-order valence-corrected chi connectivity index (χ1v) is 6.95. The van der Waals surface area contributed by atoms with Crippen LogP contribution in [0.4, 0.5) is 0 Å². The van der Waals surface area contributed by atoms with Crippen LogP contribution in [-0.2, 0) is 9.59 Å². The summed E-state index contributed by atoms with van der Waals surface area (Å²) in [4.78, 5) is 22.4. The van der Waals surface area contributed by atoms with Gasteiger partial charge in [-0.3, -0.25) is 9.59 Å². The zero-order valence-electron chi connectivity index (χ0n) is 12.3. The van der Waals surface area contributed by atoms with Crippen molar-refractivity contribution < 1.29 is 24.3 Å².